The number of aromatic nitrogens is 1. The number of para-hydroxylation sites is 1. The van der Waals surface area contributed by atoms with E-state index < -0.39 is 6.04 Å². The second-order valence-corrected chi connectivity index (χ2v) is 6.28. The molecule has 6 heteroatoms. The van der Waals surface area contributed by atoms with Crippen LogP contribution in [0.15, 0.2) is 28.8 Å². The van der Waals surface area contributed by atoms with Gasteiger partial charge in [-0.3, -0.25) is 9.59 Å². The first kappa shape index (κ1) is 17.0. The SMILES string of the molecule is CC(C)CC(NC(=O)Cc1noc2ccccc12)C(=O)N(C)C. The van der Waals surface area contributed by atoms with Crippen molar-refractivity contribution in [1.82, 2.24) is 15.4 Å². The number of hydrogen-bond donors (Lipinski definition) is 1. The van der Waals surface area contributed by atoms with E-state index in [0.717, 1.165) is 5.39 Å². The fourth-order valence-electron chi connectivity index (χ4n) is 2.47. The average Bonchev–Trinajstić information content (AvgIpc) is 2.88. The van der Waals surface area contributed by atoms with Gasteiger partial charge in [0, 0.05) is 19.5 Å². The van der Waals surface area contributed by atoms with Crippen LogP contribution >= 0.6 is 0 Å². The molecule has 1 heterocycles. The monoisotopic (exact) mass is 317 g/mol. The third-order valence-electron chi connectivity index (χ3n) is 3.56. The first-order chi connectivity index (χ1) is 10.9. The number of carbonyl (C=O) groups excluding carboxylic acids is 2. The van der Waals surface area contributed by atoms with Crippen LogP contribution in [0, 0.1) is 5.92 Å². The highest BCUT2D eigenvalue weighted by Crippen LogP contribution is 2.18. The molecule has 1 N–H and O–H groups in total. The van der Waals surface area contributed by atoms with Gasteiger partial charge >= 0.3 is 0 Å². The normalized spacial score (nSPS) is 12.4. The minimum atomic E-state index is -0.518. The summed E-state index contributed by atoms with van der Waals surface area (Å²) >= 11 is 0. The molecule has 1 unspecified atom stereocenters. The fraction of sp³-hybridized carbons (Fsp3) is 0.471. The minimum Gasteiger partial charge on any atom is -0.356 e. The van der Waals surface area contributed by atoms with Crippen molar-refractivity contribution in [1.29, 1.82) is 0 Å². The Bertz CT molecular complexity index is 691. The van der Waals surface area contributed by atoms with E-state index in [1.54, 1.807) is 20.2 Å². The Hall–Kier alpha value is -2.37. The highest BCUT2D eigenvalue weighted by Gasteiger charge is 2.24. The van der Waals surface area contributed by atoms with Gasteiger partial charge in [-0.15, -0.1) is 0 Å². The van der Waals surface area contributed by atoms with E-state index in [1.807, 2.05) is 32.0 Å². The molecule has 0 aliphatic carbocycles. The molecular formula is C17H23N3O3. The summed E-state index contributed by atoms with van der Waals surface area (Å²) in [5.41, 5.74) is 1.23. The Balaban J connectivity index is 2.08. The van der Waals surface area contributed by atoms with Crippen LogP contribution in [-0.4, -0.2) is 42.0 Å². The number of carbonyl (C=O) groups is 2. The molecule has 6 nitrogen and oxygen atoms in total. The summed E-state index contributed by atoms with van der Waals surface area (Å²) in [5.74, 6) is -0.0287. The van der Waals surface area contributed by atoms with E-state index in [9.17, 15) is 9.59 Å². The Morgan fingerprint density at radius 1 is 1.26 bits per heavy atom. The van der Waals surface area contributed by atoms with Gasteiger partial charge in [-0.25, -0.2) is 0 Å². The third-order valence-corrected chi connectivity index (χ3v) is 3.56. The Labute approximate surface area is 135 Å². The average molecular weight is 317 g/mol. The predicted molar refractivity (Wildman–Crippen MR) is 87.8 cm³/mol. The zero-order valence-electron chi connectivity index (χ0n) is 14.0. The predicted octanol–water partition coefficient (Wildman–Crippen LogP) is 1.99. The standard InChI is InChI=1S/C17H23N3O3/c1-11(2)9-14(17(22)20(3)4)18-16(21)10-13-12-7-5-6-8-15(12)23-19-13/h5-8,11,14H,9-10H2,1-4H3,(H,18,21). The molecule has 0 aliphatic rings. The summed E-state index contributed by atoms with van der Waals surface area (Å²) in [6.45, 7) is 4.04. The van der Waals surface area contributed by atoms with E-state index in [2.05, 4.69) is 10.5 Å². The van der Waals surface area contributed by atoms with E-state index in [0.29, 0.717) is 23.6 Å². The van der Waals surface area contributed by atoms with Gasteiger partial charge < -0.3 is 14.7 Å². The second-order valence-electron chi connectivity index (χ2n) is 6.28. The first-order valence-corrected chi connectivity index (χ1v) is 7.72. The van der Waals surface area contributed by atoms with Crippen LogP contribution in [0.3, 0.4) is 0 Å². The number of fused-ring (bicyclic) bond motifs is 1. The largest absolute Gasteiger partial charge is 0.356 e. The molecule has 1 aromatic carbocycles. The summed E-state index contributed by atoms with van der Waals surface area (Å²) in [7, 11) is 3.37. The van der Waals surface area contributed by atoms with Gasteiger partial charge in [-0.2, -0.15) is 0 Å². The Morgan fingerprint density at radius 3 is 2.61 bits per heavy atom. The van der Waals surface area contributed by atoms with Gasteiger partial charge in [0.1, 0.15) is 11.7 Å². The van der Waals surface area contributed by atoms with Crippen molar-refractivity contribution in [3.05, 3.63) is 30.0 Å². The van der Waals surface area contributed by atoms with Crippen molar-refractivity contribution in [2.75, 3.05) is 14.1 Å². The summed E-state index contributed by atoms with van der Waals surface area (Å²) in [6, 6.07) is 6.88. The number of likely N-dealkylation sites (N-methyl/N-ethyl adjacent to an activating group) is 1. The molecule has 23 heavy (non-hydrogen) atoms. The Morgan fingerprint density at radius 2 is 1.96 bits per heavy atom. The van der Waals surface area contributed by atoms with Crippen molar-refractivity contribution in [2.45, 2.75) is 32.7 Å². The van der Waals surface area contributed by atoms with Gasteiger partial charge in [-0.05, 0) is 24.5 Å². The van der Waals surface area contributed by atoms with Gasteiger partial charge in [0.25, 0.3) is 0 Å². The molecule has 2 rings (SSSR count). The highest BCUT2D eigenvalue weighted by atomic mass is 16.5. The lowest BCUT2D eigenvalue weighted by Crippen LogP contribution is -2.47. The molecule has 1 atom stereocenters. The number of amides is 2. The smallest absolute Gasteiger partial charge is 0.244 e. The molecule has 124 valence electrons. The molecule has 0 bridgehead atoms. The lowest BCUT2D eigenvalue weighted by Gasteiger charge is -2.23. The zero-order valence-corrected chi connectivity index (χ0v) is 14.0. The van der Waals surface area contributed by atoms with E-state index in [1.165, 1.54) is 4.90 Å². The van der Waals surface area contributed by atoms with Crippen LogP contribution in [0.5, 0.6) is 0 Å². The van der Waals surface area contributed by atoms with Gasteiger partial charge in [-0.1, -0.05) is 31.1 Å². The zero-order chi connectivity index (χ0) is 17.0. The molecule has 0 fully saturated rings. The molecular weight excluding hydrogens is 294 g/mol. The van der Waals surface area contributed by atoms with Crippen LogP contribution in [0.2, 0.25) is 0 Å². The minimum absolute atomic E-state index is 0.0896. The molecule has 1 aromatic heterocycles. The topological polar surface area (TPSA) is 75.4 Å². The molecule has 0 saturated carbocycles. The number of nitrogens with zero attached hydrogens (tertiary/aromatic N) is 2. The van der Waals surface area contributed by atoms with Crippen molar-refractivity contribution >= 4 is 22.8 Å². The maximum Gasteiger partial charge on any atom is 0.244 e. The molecule has 0 aliphatic heterocycles. The van der Waals surface area contributed by atoms with Crippen molar-refractivity contribution in [3.63, 3.8) is 0 Å². The van der Waals surface area contributed by atoms with Crippen LogP contribution in [0.4, 0.5) is 0 Å². The molecule has 0 radical (unpaired) electrons. The maximum absolute atomic E-state index is 12.3. The lowest BCUT2D eigenvalue weighted by atomic mass is 10.0. The quantitative estimate of drug-likeness (QED) is 0.884. The van der Waals surface area contributed by atoms with E-state index in [4.69, 9.17) is 4.52 Å². The summed E-state index contributed by atoms with van der Waals surface area (Å²) in [5, 5.41) is 7.59. The van der Waals surface area contributed by atoms with E-state index >= 15 is 0 Å². The van der Waals surface area contributed by atoms with E-state index in [-0.39, 0.29) is 18.2 Å². The van der Waals surface area contributed by atoms with Crippen LogP contribution in [0.25, 0.3) is 11.0 Å². The van der Waals surface area contributed by atoms with Crippen molar-refractivity contribution < 1.29 is 14.1 Å². The number of nitrogens with one attached hydrogen (secondary N) is 1. The van der Waals surface area contributed by atoms with Gasteiger partial charge in [0.15, 0.2) is 5.58 Å². The third kappa shape index (κ3) is 4.31. The summed E-state index contributed by atoms with van der Waals surface area (Å²) in [4.78, 5) is 26.0. The fourth-order valence-corrected chi connectivity index (χ4v) is 2.47. The lowest BCUT2D eigenvalue weighted by molar-refractivity contribution is -0.134. The Kier molecular flexibility index (Phi) is 5.36. The van der Waals surface area contributed by atoms with Crippen LogP contribution in [-0.2, 0) is 16.0 Å². The van der Waals surface area contributed by atoms with Crippen molar-refractivity contribution in [3.8, 4) is 0 Å². The first-order valence-electron chi connectivity index (χ1n) is 7.72. The summed E-state index contributed by atoms with van der Waals surface area (Å²) < 4.78 is 5.20. The van der Waals surface area contributed by atoms with Crippen molar-refractivity contribution in [2.24, 2.45) is 5.92 Å². The summed E-state index contributed by atoms with van der Waals surface area (Å²) in [6.07, 6.45) is 0.689. The van der Waals surface area contributed by atoms with Gasteiger partial charge in [0.05, 0.1) is 6.42 Å². The van der Waals surface area contributed by atoms with Crippen LogP contribution < -0.4 is 5.32 Å². The van der Waals surface area contributed by atoms with Crippen LogP contribution in [0.1, 0.15) is 26.0 Å². The number of hydrogen-bond acceptors (Lipinski definition) is 4. The highest BCUT2D eigenvalue weighted by molar-refractivity contribution is 5.90. The number of benzene rings is 1. The van der Waals surface area contributed by atoms with Gasteiger partial charge in [0.2, 0.25) is 11.8 Å². The molecule has 0 saturated heterocycles. The second kappa shape index (κ2) is 7.26. The molecule has 2 aromatic rings. The molecule has 0 spiro atoms. The molecule has 2 amide bonds. The number of rotatable bonds is 6. The maximum atomic E-state index is 12.3.